The zero-order valence-corrected chi connectivity index (χ0v) is 8.06. The molecule has 0 aliphatic heterocycles. The molecule has 0 spiro atoms. The highest BCUT2D eigenvalue weighted by Crippen LogP contribution is 2.29. The van der Waals surface area contributed by atoms with E-state index in [4.69, 9.17) is 0 Å². The molecule has 0 saturated carbocycles. The second-order valence-corrected chi connectivity index (χ2v) is 3.11. The van der Waals surface area contributed by atoms with Gasteiger partial charge >= 0.3 is 6.18 Å². The van der Waals surface area contributed by atoms with Crippen molar-refractivity contribution >= 4 is 5.91 Å². The average molecular weight is 217 g/mol. The Morgan fingerprint density at radius 1 is 1.40 bits per heavy atom. The molecule has 1 N–H and O–H groups in total. The largest absolute Gasteiger partial charge is 0.416 e. The highest BCUT2D eigenvalue weighted by molar-refractivity contribution is 5.72. The summed E-state index contributed by atoms with van der Waals surface area (Å²) in [7, 11) is 0. The Balaban J connectivity index is 2.79. The minimum atomic E-state index is -4.34. The van der Waals surface area contributed by atoms with Gasteiger partial charge in [0.1, 0.15) is 0 Å². The quantitative estimate of drug-likeness (QED) is 0.809. The Bertz CT molecular complexity index is 360. The summed E-state index contributed by atoms with van der Waals surface area (Å²) in [5.74, 6) is -0.271. The molecule has 0 atom stereocenters. The topological polar surface area (TPSA) is 29.1 Å². The summed E-state index contributed by atoms with van der Waals surface area (Å²) in [4.78, 5) is 10.6. The van der Waals surface area contributed by atoms with Crippen molar-refractivity contribution in [1.29, 1.82) is 0 Å². The molecule has 0 aliphatic carbocycles. The lowest BCUT2D eigenvalue weighted by Gasteiger charge is -2.08. The number of nitrogens with one attached hydrogen (secondary N) is 1. The number of halogens is 3. The van der Waals surface area contributed by atoms with Crippen LogP contribution in [0.4, 0.5) is 13.2 Å². The number of hydrogen-bond donors (Lipinski definition) is 1. The third kappa shape index (κ3) is 3.61. The van der Waals surface area contributed by atoms with E-state index in [9.17, 15) is 18.0 Å². The van der Waals surface area contributed by atoms with E-state index >= 15 is 0 Å². The lowest BCUT2D eigenvalue weighted by Crippen LogP contribution is -2.19. The standard InChI is InChI=1S/C10H10F3NO/c1-7(15)14-6-8-3-2-4-9(5-8)10(11,12)13/h2-5H,6H2,1H3,(H,14,15). The minimum Gasteiger partial charge on any atom is -0.352 e. The van der Waals surface area contributed by atoms with Gasteiger partial charge in [0.05, 0.1) is 5.56 Å². The Labute approximate surface area is 85.1 Å². The maximum Gasteiger partial charge on any atom is 0.416 e. The van der Waals surface area contributed by atoms with Crippen molar-refractivity contribution < 1.29 is 18.0 Å². The van der Waals surface area contributed by atoms with Gasteiger partial charge in [0.25, 0.3) is 0 Å². The second kappa shape index (κ2) is 4.33. The molecule has 0 radical (unpaired) electrons. The van der Waals surface area contributed by atoms with Gasteiger partial charge in [-0.3, -0.25) is 4.79 Å². The van der Waals surface area contributed by atoms with Crippen LogP contribution in [0, 0.1) is 0 Å². The number of alkyl halides is 3. The molecule has 0 heterocycles. The molecule has 0 unspecified atom stereocenters. The van der Waals surface area contributed by atoms with Crippen LogP contribution in [0.2, 0.25) is 0 Å². The van der Waals surface area contributed by atoms with Gasteiger partial charge in [-0.2, -0.15) is 13.2 Å². The van der Waals surface area contributed by atoms with Crippen LogP contribution < -0.4 is 5.32 Å². The molecule has 1 aromatic rings. The van der Waals surface area contributed by atoms with Crippen molar-refractivity contribution in [2.45, 2.75) is 19.6 Å². The Morgan fingerprint density at radius 2 is 2.07 bits per heavy atom. The molecule has 0 saturated heterocycles. The summed E-state index contributed by atoms with van der Waals surface area (Å²) in [6, 6.07) is 4.87. The van der Waals surface area contributed by atoms with Crippen molar-refractivity contribution in [3.05, 3.63) is 35.4 Å². The lowest BCUT2D eigenvalue weighted by molar-refractivity contribution is -0.137. The van der Waals surface area contributed by atoms with Crippen molar-refractivity contribution in [3.8, 4) is 0 Å². The van der Waals surface area contributed by atoms with E-state index in [2.05, 4.69) is 5.32 Å². The predicted molar refractivity (Wildman–Crippen MR) is 49.0 cm³/mol. The van der Waals surface area contributed by atoms with Gasteiger partial charge in [-0.1, -0.05) is 12.1 Å². The molecule has 5 heteroatoms. The summed E-state index contributed by atoms with van der Waals surface area (Å²) in [6.45, 7) is 1.42. The Hall–Kier alpha value is -1.52. The summed E-state index contributed by atoms with van der Waals surface area (Å²) >= 11 is 0. The molecular formula is C10H10F3NO. The predicted octanol–water partition coefficient (Wildman–Crippen LogP) is 2.34. The first-order chi connectivity index (χ1) is 6.89. The van der Waals surface area contributed by atoms with Gasteiger partial charge < -0.3 is 5.32 Å². The van der Waals surface area contributed by atoms with Gasteiger partial charge in [0, 0.05) is 13.5 Å². The number of rotatable bonds is 2. The molecule has 0 aliphatic rings. The van der Waals surface area contributed by atoms with E-state index in [1.807, 2.05) is 0 Å². The van der Waals surface area contributed by atoms with E-state index in [0.717, 1.165) is 12.1 Å². The third-order valence-corrected chi connectivity index (χ3v) is 1.80. The van der Waals surface area contributed by atoms with Crippen LogP contribution in [0.15, 0.2) is 24.3 Å². The van der Waals surface area contributed by atoms with Crippen molar-refractivity contribution in [1.82, 2.24) is 5.32 Å². The smallest absolute Gasteiger partial charge is 0.352 e. The van der Waals surface area contributed by atoms with Gasteiger partial charge in [-0.15, -0.1) is 0 Å². The number of carbonyl (C=O) groups is 1. The highest BCUT2D eigenvalue weighted by atomic mass is 19.4. The fourth-order valence-electron chi connectivity index (χ4n) is 1.08. The molecule has 2 nitrogen and oxygen atoms in total. The van der Waals surface area contributed by atoms with Crippen LogP contribution in [-0.4, -0.2) is 5.91 Å². The van der Waals surface area contributed by atoms with Crippen LogP contribution in [0.3, 0.4) is 0 Å². The van der Waals surface area contributed by atoms with Crippen LogP contribution >= 0.6 is 0 Å². The third-order valence-electron chi connectivity index (χ3n) is 1.80. The number of benzene rings is 1. The first kappa shape index (κ1) is 11.6. The van der Waals surface area contributed by atoms with Crippen LogP contribution in [0.5, 0.6) is 0 Å². The van der Waals surface area contributed by atoms with E-state index in [1.165, 1.54) is 19.1 Å². The summed E-state index contributed by atoms with van der Waals surface area (Å²) < 4.78 is 36.8. The first-order valence-electron chi connectivity index (χ1n) is 4.30. The first-order valence-corrected chi connectivity index (χ1v) is 4.30. The Kier molecular flexibility index (Phi) is 3.34. The molecular weight excluding hydrogens is 207 g/mol. The highest BCUT2D eigenvalue weighted by Gasteiger charge is 2.30. The molecule has 0 aromatic heterocycles. The van der Waals surface area contributed by atoms with Gasteiger partial charge in [-0.05, 0) is 17.7 Å². The summed E-state index contributed by atoms with van der Waals surface area (Å²) in [6.07, 6.45) is -4.34. The van der Waals surface area contributed by atoms with E-state index < -0.39 is 11.7 Å². The Morgan fingerprint density at radius 3 is 2.60 bits per heavy atom. The SMILES string of the molecule is CC(=O)NCc1cccc(C(F)(F)F)c1. The second-order valence-electron chi connectivity index (χ2n) is 3.11. The van der Waals surface area contributed by atoms with E-state index in [-0.39, 0.29) is 12.5 Å². The zero-order chi connectivity index (χ0) is 11.5. The van der Waals surface area contributed by atoms with Crippen LogP contribution in [0.25, 0.3) is 0 Å². The molecule has 1 amide bonds. The number of amides is 1. The number of hydrogen-bond acceptors (Lipinski definition) is 1. The monoisotopic (exact) mass is 217 g/mol. The molecule has 15 heavy (non-hydrogen) atoms. The van der Waals surface area contributed by atoms with Crippen molar-refractivity contribution in [2.75, 3.05) is 0 Å². The van der Waals surface area contributed by atoms with Crippen LogP contribution in [0.1, 0.15) is 18.1 Å². The van der Waals surface area contributed by atoms with Crippen molar-refractivity contribution in [3.63, 3.8) is 0 Å². The minimum absolute atomic E-state index is 0.110. The van der Waals surface area contributed by atoms with Gasteiger partial charge in [0.2, 0.25) is 5.91 Å². The van der Waals surface area contributed by atoms with E-state index in [1.54, 1.807) is 0 Å². The van der Waals surface area contributed by atoms with Crippen LogP contribution in [-0.2, 0) is 17.5 Å². The normalized spacial score (nSPS) is 11.2. The fourth-order valence-corrected chi connectivity index (χ4v) is 1.08. The fraction of sp³-hybridized carbons (Fsp3) is 0.300. The lowest BCUT2D eigenvalue weighted by atomic mass is 10.1. The van der Waals surface area contributed by atoms with Gasteiger partial charge in [-0.25, -0.2) is 0 Å². The molecule has 1 aromatic carbocycles. The zero-order valence-electron chi connectivity index (χ0n) is 8.06. The van der Waals surface area contributed by atoms with Gasteiger partial charge in [0.15, 0.2) is 0 Å². The summed E-state index contributed by atoms with van der Waals surface area (Å²) in [5, 5.41) is 2.43. The maximum atomic E-state index is 12.3. The molecule has 82 valence electrons. The van der Waals surface area contributed by atoms with Crippen molar-refractivity contribution in [2.24, 2.45) is 0 Å². The molecule has 0 bridgehead atoms. The number of carbonyl (C=O) groups excluding carboxylic acids is 1. The molecule has 1 rings (SSSR count). The van der Waals surface area contributed by atoms with E-state index in [0.29, 0.717) is 5.56 Å². The molecule has 0 fully saturated rings. The summed E-state index contributed by atoms with van der Waals surface area (Å²) in [5.41, 5.74) is -0.273. The average Bonchev–Trinajstić information content (AvgIpc) is 2.14. The maximum absolute atomic E-state index is 12.3.